The van der Waals surface area contributed by atoms with Crippen LogP contribution in [0, 0.1) is 0 Å². The number of hydrogen-bond donors (Lipinski definition) is 1. The van der Waals surface area contributed by atoms with Gasteiger partial charge in [0, 0.05) is 17.6 Å². The van der Waals surface area contributed by atoms with Crippen molar-refractivity contribution in [2.45, 2.75) is 17.9 Å². The minimum absolute atomic E-state index is 0.0998. The van der Waals surface area contributed by atoms with E-state index in [-0.39, 0.29) is 10.8 Å². The predicted molar refractivity (Wildman–Crippen MR) is 109 cm³/mol. The van der Waals surface area contributed by atoms with Crippen LogP contribution in [0.25, 0.3) is 0 Å². The number of para-hydroxylation sites is 1. The van der Waals surface area contributed by atoms with Crippen molar-refractivity contribution in [1.29, 1.82) is 0 Å². The molecule has 150 valence electrons. The second-order valence-electron chi connectivity index (χ2n) is 6.25. The molecule has 2 aromatic rings. The molecule has 3 rings (SSSR count). The van der Waals surface area contributed by atoms with Crippen LogP contribution in [0.3, 0.4) is 0 Å². The van der Waals surface area contributed by atoms with Crippen molar-refractivity contribution >= 4 is 37.5 Å². The highest BCUT2D eigenvalue weighted by Crippen LogP contribution is 2.25. The molecule has 0 bridgehead atoms. The first-order valence-electron chi connectivity index (χ1n) is 8.77. The average molecular weight is 469 g/mol. The number of carbonyl (C=O) groups excluding carboxylic acids is 1. The molecule has 1 aliphatic rings. The van der Waals surface area contributed by atoms with Crippen molar-refractivity contribution in [1.82, 2.24) is 4.90 Å². The Hall–Kier alpha value is -2.10. The normalized spacial score (nSPS) is 15.7. The Labute approximate surface area is 172 Å². The zero-order valence-electron chi connectivity index (χ0n) is 15.3. The highest BCUT2D eigenvalue weighted by molar-refractivity contribution is 9.10. The Morgan fingerprint density at radius 2 is 1.79 bits per heavy atom. The van der Waals surface area contributed by atoms with Crippen molar-refractivity contribution in [2.24, 2.45) is 0 Å². The Kier molecular flexibility index (Phi) is 6.58. The zero-order valence-corrected chi connectivity index (χ0v) is 17.7. The second kappa shape index (κ2) is 8.93. The van der Waals surface area contributed by atoms with Crippen LogP contribution in [0.5, 0.6) is 5.75 Å². The van der Waals surface area contributed by atoms with Gasteiger partial charge in [-0.3, -0.25) is 9.52 Å². The molecule has 0 aliphatic carbocycles. The summed E-state index contributed by atoms with van der Waals surface area (Å²) in [4.78, 5) is 14.2. The van der Waals surface area contributed by atoms with Crippen molar-refractivity contribution in [3.63, 3.8) is 0 Å². The molecule has 28 heavy (non-hydrogen) atoms. The van der Waals surface area contributed by atoms with Gasteiger partial charge < -0.3 is 14.4 Å². The lowest BCUT2D eigenvalue weighted by molar-refractivity contribution is -0.142. The maximum Gasteiger partial charge on any atom is 0.263 e. The largest absolute Gasteiger partial charge is 0.481 e. The Morgan fingerprint density at radius 1 is 1.14 bits per heavy atom. The summed E-state index contributed by atoms with van der Waals surface area (Å²) in [5.41, 5.74) is 0.451. The predicted octanol–water partition coefficient (Wildman–Crippen LogP) is 2.88. The van der Waals surface area contributed by atoms with Crippen molar-refractivity contribution in [2.75, 3.05) is 31.0 Å². The number of anilines is 1. The third-order valence-electron chi connectivity index (χ3n) is 4.24. The molecule has 0 radical (unpaired) electrons. The number of hydrogen-bond acceptors (Lipinski definition) is 5. The van der Waals surface area contributed by atoms with Gasteiger partial charge in [0.05, 0.1) is 23.8 Å². The lowest BCUT2D eigenvalue weighted by Gasteiger charge is -2.29. The maximum atomic E-state index is 12.6. The first kappa shape index (κ1) is 20.6. The van der Waals surface area contributed by atoms with Gasteiger partial charge in [0.2, 0.25) is 0 Å². The van der Waals surface area contributed by atoms with E-state index in [0.717, 1.165) is 0 Å². The van der Waals surface area contributed by atoms with Gasteiger partial charge in [0.15, 0.2) is 6.10 Å². The number of nitrogens with zero attached hydrogens (tertiary/aromatic N) is 1. The molecule has 0 aromatic heterocycles. The van der Waals surface area contributed by atoms with Gasteiger partial charge >= 0.3 is 0 Å². The van der Waals surface area contributed by atoms with Gasteiger partial charge in [-0.1, -0.05) is 12.1 Å². The third-order valence-corrected chi connectivity index (χ3v) is 6.31. The molecule has 0 saturated carbocycles. The van der Waals surface area contributed by atoms with E-state index < -0.39 is 16.1 Å². The average Bonchev–Trinajstić information content (AvgIpc) is 2.70. The molecule has 1 amide bonds. The Bertz CT molecular complexity index is 928. The summed E-state index contributed by atoms with van der Waals surface area (Å²) in [5, 5.41) is 0. The molecule has 9 heteroatoms. The number of rotatable bonds is 6. The second-order valence-corrected chi connectivity index (χ2v) is 8.79. The van der Waals surface area contributed by atoms with Crippen LogP contribution in [0.4, 0.5) is 5.69 Å². The van der Waals surface area contributed by atoms with Crippen molar-refractivity contribution < 1.29 is 22.7 Å². The minimum Gasteiger partial charge on any atom is -0.481 e. The molecule has 1 atom stereocenters. The first-order chi connectivity index (χ1) is 13.4. The van der Waals surface area contributed by atoms with Crippen molar-refractivity contribution in [3.05, 3.63) is 53.0 Å². The number of halogens is 1. The molecule has 1 saturated heterocycles. The van der Waals surface area contributed by atoms with Crippen LogP contribution < -0.4 is 9.46 Å². The number of sulfonamides is 1. The van der Waals surface area contributed by atoms with Crippen LogP contribution in [-0.2, 0) is 19.6 Å². The first-order valence-corrected chi connectivity index (χ1v) is 11.0. The van der Waals surface area contributed by atoms with Crippen LogP contribution in [-0.4, -0.2) is 51.6 Å². The molecule has 1 fully saturated rings. The molecule has 1 heterocycles. The van der Waals surface area contributed by atoms with E-state index in [9.17, 15) is 13.2 Å². The Morgan fingerprint density at radius 3 is 2.43 bits per heavy atom. The van der Waals surface area contributed by atoms with E-state index in [4.69, 9.17) is 9.47 Å². The number of carbonyl (C=O) groups is 1. The van der Waals surface area contributed by atoms with Crippen LogP contribution in [0.2, 0.25) is 0 Å². The van der Waals surface area contributed by atoms with E-state index in [1.807, 2.05) is 0 Å². The number of nitrogens with one attached hydrogen (secondary N) is 1. The fourth-order valence-electron chi connectivity index (χ4n) is 2.74. The van der Waals surface area contributed by atoms with Crippen molar-refractivity contribution in [3.8, 4) is 5.75 Å². The van der Waals surface area contributed by atoms with Gasteiger partial charge in [-0.05, 0) is 59.3 Å². The van der Waals surface area contributed by atoms with Gasteiger partial charge in [-0.2, -0.15) is 0 Å². The maximum absolute atomic E-state index is 12.6. The molecule has 1 aliphatic heterocycles. The van der Waals surface area contributed by atoms with Gasteiger partial charge in [-0.15, -0.1) is 0 Å². The smallest absolute Gasteiger partial charge is 0.263 e. The lowest BCUT2D eigenvalue weighted by atomic mass is 10.3. The number of ether oxygens (including phenoxy) is 2. The van der Waals surface area contributed by atoms with Crippen LogP contribution >= 0.6 is 15.9 Å². The standard InChI is InChI=1S/C19H21BrN2O5S/c1-14(19(23)22-10-12-26-13-11-22)27-15-6-8-16(9-7-15)28(24,25)21-18-5-3-2-4-17(18)20/h2-9,14,21H,10-13H2,1H3/t14-/m0/s1. The summed E-state index contributed by atoms with van der Waals surface area (Å²) in [6, 6.07) is 12.9. The highest BCUT2D eigenvalue weighted by Gasteiger charge is 2.24. The fraction of sp³-hybridized carbons (Fsp3) is 0.316. The quantitative estimate of drug-likeness (QED) is 0.704. The van der Waals surface area contributed by atoms with Crippen LogP contribution in [0.1, 0.15) is 6.92 Å². The SMILES string of the molecule is C[C@H](Oc1ccc(S(=O)(=O)Nc2ccccc2Br)cc1)C(=O)N1CCOCC1. The molecular formula is C19H21BrN2O5S. The summed E-state index contributed by atoms with van der Waals surface area (Å²) < 4.78 is 39.2. The van der Waals surface area contributed by atoms with Crippen LogP contribution in [0.15, 0.2) is 57.9 Å². The summed E-state index contributed by atoms with van der Waals surface area (Å²) in [7, 11) is -3.74. The topological polar surface area (TPSA) is 84.9 Å². The Balaban J connectivity index is 1.65. The van der Waals surface area contributed by atoms with E-state index >= 15 is 0 Å². The van der Waals surface area contributed by atoms with Gasteiger partial charge in [0.1, 0.15) is 5.75 Å². The third kappa shape index (κ3) is 5.03. The fourth-order valence-corrected chi connectivity index (χ4v) is 4.34. The monoisotopic (exact) mass is 468 g/mol. The number of amides is 1. The summed E-state index contributed by atoms with van der Waals surface area (Å²) in [5.74, 6) is 0.310. The molecule has 0 spiro atoms. The molecule has 2 aromatic carbocycles. The zero-order chi connectivity index (χ0) is 20.1. The summed E-state index contributed by atoms with van der Waals surface area (Å²) in [6.45, 7) is 3.82. The van der Waals surface area contributed by atoms with Gasteiger partial charge in [-0.25, -0.2) is 8.42 Å². The molecule has 1 N–H and O–H groups in total. The summed E-state index contributed by atoms with van der Waals surface area (Å²) >= 11 is 3.32. The molecule has 0 unspecified atom stereocenters. The van der Waals surface area contributed by atoms with E-state index in [1.54, 1.807) is 36.1 Å². The van der Waals surface area contributed by atoms with E-state index in [0.29, 0.717) is 42.2 Å². The highest BCUT2D eigenvalue weighted by atomic mass is 79.9. The molecular weight excluding hydrogens is 448 g/mol. The summed E-state index contributed by atoms with van der Waals surface area (Å²) in [6.07, 6.45) is -0.668. The van der Waals surface area contributed by atoms with E-state index in [2.05, 4.69) is 20.7 Å². The molecule has 7 nitrogen and oxygen atoms in total. The number of benzene rings is 2. The number of morpholine rings is 1. The van der Waals surface area contributed by atoms with E-state index in [1.165, 1.54) is 24.3 Å². The minimum atomic E-state index is -3.74. The lowest BCUT2D eigenvalue weighted by Crippen LogP contribution is -2.46. The van der Waals surface area contributed by atoms with Gasteiger partial charge in [0.25, 0.3) is 15.9 Å².